The fourth-order valence-electron chi connectivity index (χ4n) is 2.95. The summed E-state index contributed by atoms with van der Waals surface area (Å²) in [5.74, 6) is 1.52. The van der Waals surface area contributed by atoms with Crippen LogP contribution in [0.3, 0.4) is 0 Å². The van der Waals surface area contributed by atoms with Crippen LogP contribution in [0.2, 0.25) is 0 Å². The second kappa shape index (κ2) is 4.72. The lowest BCUT2D eigenvalue weighted by Crippen LogP contribution is -2.40. The van der Waals surface area contributed by atoms with E-state index >= 15 is 0 Å². The number of nitrogens with two attached hydrogens (primary N) is 1. The molecule has 5 heteroatoms. The van der Waals surface area contributed by atoms with Crippen molar-refractivity contribution in [2.75, 3.05) is 0 Å². The van der Waals surface area contributed by atoms with Crippen molar-refractivity contribution in [1.82, 2.24) is 10.1 Å². The largest absolute Gasteiger partial charge is 0.361 e. The number of rotatable bonds is 2. The SMILES string of the molecule is Cc1oncc1-c1cnc(C2(N)CCCC(C)C2)s1. The van der Waals surface area contributed by atoms with Crippen molar-refractivity contribution in [3.8, 4) is 10.4 Å². The second-order valence-electron chi connectivity index (χ2n) is 5.68. The van der Waals surface area contributed by atoms with E-state index < -0.39 is 0 Å². The van der Waals surface area contributed by atoms with E-state index in [1.165, 1.54) is 12.8 Å². The molecule has 0 radical (unpaired) electrons. The second-order valence-corrected chi connectivity index (χ2v) is 6.71. The Morgan fingerprint density at radius 1 is 1.47 bits per heavy atom. The van der Waals surface area contributed by atoms with Crippen LogP contribution in [0.1, 0.15) is 43.4 Å². The molecule has 1 aliphatic rings. The smallest absolute Gasteiger partial charge is 0.142 e. The lowest BCUT2D eigenvalue weighted by atomic mass is 9.77. The first-order valence-corrected chi connectivity index (χ1v) is 7.57. The first-order valence-electron chi connectivity index (χ1n) is 6.75. The summed E-state index contributed by atoms with van der Waals surface area (Å²) in [6.45, 7) is 4.20. The molecule has 0 saturated heterocycles. The predicted molar refractivity (Wildman–Crippen MR) is 75.8 cm³/mol. The van der Waals surface area contributed by atoms with Crippen molar-refractivity contribution in [2.45, 2.75) is 45.1 Å². The van der Waals surface area contributed by atoms with Gasteiger partial charge in [0.15, 0.2) is 0 Å². The third-order valence-electron chi connectivity index (χ3n) is 3.98. The first-order chi connectivity index (χ1) is 9.08. The molecule has 0 aromatic carbocycles. The highest BCUT2D eigenvalue weighted by atomic mass is 32.1. The van der Waals surface area contributed by atoms with Crippen molar-refractivity contribution < 1.29 is 4.52 Å². The van der Waals surface area contributed by atoms with Crippen molar-refractivity contribution in [3.05, 3.63) is 23.2 Å². The summed E-state index contributed by atoms with van der Waals surface area (Å²) in [5.41, 5.74) is 7.36. The summed E-state index contributed by atoms with van der Waals surface area (Å²) < 4.78 is 5.11. The van der Waals surface area contributed by atoms with E-state index in [2.05, 4.69) is 17.1 Å². The van der Waals surface area contributed by atoms with E-state index in [0.717, 1.165) is 34.1 Å². The molecule has 1 aliphatic carbocycles. The average Bonchev–Trinajstić information content (AvgIpc) is 2.96. The summed E-state index contributed by atoms with van der Waals surface area (Å²) in [4.78, 5) is 5.66. The fourth-order valence-corrected chi connectivity index (χ4v) is 4.06. The molecule has 1 fully saturated rings. The van der Waals surface area contributed by atoms with E-state index in [1.54, 1.807) is 17.5 Å². The topological polar surface area (TPSA) is 64.9 Å². The molecular formula is C14H19N3OS. The van der Waals surface area contributed by atoms with E-state index in [0.29, 0.717) is 5.92 Å². The number of aromatic nitrogens is 2. The maximum atomic E-state index is 6.58. The molecule has 0 aliphatic heterocycles. The van der Waals surface area contributed by atoms with Gasteiger partial charge in [0.25, 0.3) is 0 Å². The molecule has 2 N–H and O–H groups in total. The van der Waals surface area contributed by atoms with Crippen LogP contribution in [0, 0.1) is 12.8 Å². The van der Waals surface area contributed by atoms with Gasteiger partial charge < -0.3 is 10.3 Å². The van der Waals surface area contributed by atoms with E-state index in [9.17, 15) is 0 Å². The van der Waals surface area contributed by atoms with Crippen LogP contribution in [0.25, 0.3) is 10.4 Å². The summed E-state index contributed by atoms with van der Waals surface area (Å²) in [7, 11) is 0. The first kappa shape index (κ1) is 12.8. The molecule has 0 amide bonds. The molecule has 2 aromatic rings. The standard InChI is InChI=1S/C14H19N3OS/c1-9-4-3-5-14(15,6-9)13-16-8-12(19-13)11-7-17-18-10(11)2/h7-9H,3-6,15H2,1-2H3. The van der Waals surface area contributed by atoms with Gasteiger partial charge in [0, 0.05) is 6.20 Å². The molecule has 0 spiro atoms. The van der Waals surface area contributed by atoms with Crippen LogP contribution >= 0.6 is 11.3 Å². The van der Waals surface area contributed by atoms with Gasteiger partial charge in [-0.1, -0.05) is 24.9 Å². The Morgan fingerprint density at radius 2 is 2.32 bits per heavy atom. The van der Waals surface area contributed by atoms with Crippen LogP contribution in [0.4, 0.5) is 0 Å². The molecular weight excluding hydrogens is 258 g/mol. The molecule has 102 valence electrons. The third kappa shape index (κ3) is 2.32. The van der Waals surface area contributed by atoms with Crippen molar-refractivity contribution in [2.24, 2.45) is 11.7 Å². The Balaban J connectivity index is 1.91. The zero-order chi connectivity index (χ0) is 13.5. The summed E-state index contributed by atoms with van der Waals surface area (Å²) >= 11 is 1.68. The minimum atomic E-state index is -0.244. The van der Waals surface area contributed by atoms with E-state index in [4.69, 9.17) is 10.3 Å². The molecule has 19 heavy (non-hydrogen) atoms. The van der Waals surface area contributed by atoms with Crippen LogP contribution < -0.4 is 5.73 Å². The fraction of sp³-hybridized carbons (Fsp3) is 0.571. The Hall–Kier alpha value is -1.20. The molecule has 2 atom stereocenters. The van der Waals surface area contributed by atoms with Crippen LogP contribution in [0.15, 0.2) is 16.9 Å². The number of nitrogens with zero attached hydrogens (tertiary/aromatic N) is 2. The van der Waals surface area contributed by atoms with Crippen LogP contribution in [0.5, 0.6) is 0 Å². The van der Waals surface area contributed by atoms with Gasteiger partial charge >= 0.3 is 0 Å². The van der Waals surface area contributed by atoms with Gasteiger partial charge in [0.2, 0.25) is 0 Å². The lowest BCUT2D eigenvalue weighted by Gasteiger charge is -2.35. The zero-order valence-corrected chi connectivity index (χ0v) is 12.2. The normalized spacial score (nSPS) is 27.6. The highest BCUT2D eigenvalue weighted by molar-refractivity contribution is 7.15. The Bertz CT molecular complexity index is 577. The lowest BCUT2D eigenvalue weighted by molar-refractivity contribution is 0.238. The number of thiazole rings is 1. The van der Waals surface area contributed by atoms with E-state index in [1.807, 2.05) is 13.1 Å². The minimum Gasteiger partial charge on any atom is -0.361 e. The summed E-state index contributed by atoms with van der Waals surface area (Å²) in [6.07, 6.45) is 8.18. The Kier molecular flexibility index (Phi) is 3.19. The van der Waals surface area contributed by atoms with E-state index in [-0.39, 0.29) is 5.54 Å². The van der Waals surface area contributed by atoms with Crippen molar-refractivity contribution in [1.29, 1.82) is 0 Å². The quantitative estimate of drug-likeness (QED) is 0.912. The maximum Gasteiger partial charge on any atom is 0.142 e. The number of aryl methyl sites for hydroxylation is 1. The van der Waals surface area contributed by atoms with Gasteiger partial charge in [-0.15, -0.1) is 11.3 Å². The minimum absolute atomic E-state index is 0.244. The van der Waals surface area contributed by atoms with Gasteiger partial charge in [-0.05, 0) is 25.7 Å². The predicted octanol–water partition coefficient (Wildman–Crippen LogP) is 3.47. The van der Waals surface area contributed by atoms with Crippen molar-refractivity contribution in [3.63, 3.8) is 0 Å². The molecule has 0 bridgehead atoms. The average molecular weight is 277 g/mol. The van der Waals surface area contributed by atoms with Gasteiger partial charge in [0.1, 0.15) is 10.8 Å². The molecule has 2 unspecified atom stereocenters. The highest BCUT2D eigenvalue weighted by Crippen LogP contribution is 2.41. The molecule has 2 heterocycles. The molecule has 4 nitrogen and oxygen atoms in total. The van der Waals surface area contributed by atoms with Gasteiger partial charge in [0.05, 0.1) is 22.2 Å². The molecule has 2 aromatic heterocycles. The Morgan fingerprint density at radius 3 is 3.00 bits per heavy atom. The number of hydrogen-bond donors (Lipinski definition) is 1. The van der Waals surface area contributed by atoms with Crippen LogP contribution in [-0.4, -0.2) is 10.1 Å². The molecule has 3 rings (SSSR count). The van der Waals surface area contributed by atoms with Crippen molar-refractivity contribution >= 4 is 11.3 Å². The maximum absolute atomic E-state index is 6.58. The highest BCUT2D eigenvalue weighted by Gasteiger charge is 2.35. The zero-order valence-electron chi connectivity index (χ0n) is 11.3. The monoisotopic (exact) mass is 277 g/mol. The van der Waals surface area contributed by atoms with Gasteiger partial charge in [-0.2, -0.15) is 0 Å². The Labute approximate surface area is 117 Å². The summed E-state index contributed by atoms with van der Waals surface area (Å²) in [6, 6.07) is 0. The van der Waals surface area contributed by atoms with Gasteiger partial charge in [-0.25, -0.2) is 4.98 Å². The van der Waals surface area contributed by atoms with Crippen LogP contribution in [-0.2, 0) is 5.54 Å². The van der Waals surface area contributed by atoms with Gasteiger partial charge in [-0.3, -0.25) is 0 Å². The number of hydrogen-bond acceptors (Lipinski definition) is 5. The molecule has 1 saturated carbocycles. The third-order valence-corrected chi connectivity index (χ3v) is 5.23. The summed E-state index contributed by atoms with van der Waals surface area (Å²) in [5, 5.41) is 4.87.